The lowest BCUT2D eigenvalue weighted by Crippen LogP contribution is -2.19. The van der Waals surface area contributed by atoms with Crippen LogP contribution in [-0.4, -0.2) is 37.8 Å². The summed E-state index contributed by atoms with van der Waals surface area (Å²) in [6, 6.07) is 3.97. The van der Waals surface area contributed by atoms with Crippen LogP contribution >= 0.6 is 22.7 Å². The first kappa shape index (κ1) is 14.1. The molecule has 102 valence electrons. The van der Waals surface area contributed by atoms with Crippen molar-refractivity contribution < 1.29 is 14.3 Å². The van der Waals surface area contributed by atoms with Gasteiger partial charge in [0, 0.05) is 12.5 Å². The lowest BCUT2D eigenvalue weighted by atomic mass is 10.4. The number of thiazole rings is 1. The number of ether oxygens (including phenoxy) is 2. The SMILES string of the molecule is COCCOCC(=O)Nc1nc(-c2cccs2)cs1. The second kappa shape index (κ2) is 7.34. The standard InChI is InChI=1S/C12H14N2O3S2/c1-16-4-5-17-7-11(15)14-12-13-9(8-19-12)10-3-2-6-18-10/h2-3,6,8H,4-5,7H2,1H3,(H,13,14,15). The number of methoxy groups -OCH3 is 1. The Morgan fingerprint density at radius 1 is 1.42 bits per heavy atom. The Balaban J connectivity index is 1.81. The van der Waals surface area contributed by atoms with E-state index in [-0.39, 0.29) is 12.5 Å². The van der Waals surface area contributed by atoms with E-state index in [2.05, 4.69) is 10.3 Å². The van der Waals surface area contributed by atoms with Crippen LogP contribution in [0.5, 0.6) is 0 Å². The maximum absolute atomic E-state index is 11.6. The molecule has 0 atom stereocenters. The van der Waals surface area contributed by atoms with Crippen molar-refractivity contribution in [3.05, 3.63) is 22.9 Å². The number of rotatable bonds is 7. The Kier molecular flexibility index (Phi) is 5.46. The molecule has 1 amide bonds. The van der Waals surface area contributed by atoms with Crippen molar-refractivity contribution in [2.24, 2.45) is 0 Å². The zero-order valence-corrected chi connectivity index (χ0v) is 12.1. The number of anilines is 1. The fraction of sp³-hybridized carbons (Fsp3) is 0.333. The zero-order valence-electron chi connectivity index (χ0n) is 10.4. The number of carbonyl (C=O) groups is 1. The van der Waals surface area contributed by atoms with Crippen LogP contribution in [0.3, 0.4) is 0 Å². The summed E-state index contributed by atoms with van der Waals surface area (Å²) in [5, 5.41) is 7.22. The number of hydrogen-bond acceptors (Lipinski definition) is 6. The number of nitrogens with zero attached hydrogens (tertiary/aromatic N) is 1. The van der Waals surface area contributed by atoms with Crippen LogP contribution in [0.2, 0.25) is 0 Å². The normalized spacial score (nSPS) is 10.6. The molecule has 0 saturated heterocycles. The maximum atomic E-state index is 11.6. The Morgan fingerprint density at radius 2 is 2.32 bits per heavy atom. The molecule has 0 bridgehead atoms. The van der Waals surface area contributed by atoms with Crippen molar-refractivity contribution >= 4 is 33.7 Å². The fourth-order valence-corrected chi connectivity index (χ4v) is 2.82. The largest absolute Gasteiger partial charge is 0.382 e. The van der Waals surface area contributed by atoms with Crippen molar-refractivity contribution in [3.8, 4) is 10.6 Å². The van der Waals surface area contributed by atoms with E-state index >= 15 is 0 Å². The third kappa shape index (κ3) is 4.39. The molecule has 0 aliphatic rings. The smallest absolute Gasteiger partial charge is 0.252 e. The van der Waals surface area contributed by atoms with Crippen LogP contribution in [0.4, 0.5) is 5.13 Å². The van der Waals surface area contributed by atoms with Gasteiger partial charge in [-0.1, -0.05) is 6.07 Å². The highest BCUT2D eigenvalue weighted by molar-refractivity contribution is 7.16. The Bertz CT molecular complexity index is 511. The summed E-state index contributed by atoms with van der Waals surface area (Å²) in [6.07, 6.45) is 0. The van der Waals surface area contributed by atoms with Gasteiger partial charge in [0.05, 0.1) is 23.8 Å². The zero-order chi connectivity index (χ0) is 13.5. The van der Waals surface area contributed by atoms with E-state index in [0.717, 1.165) is 10.6 Å². The molecule has 0 fully saturated rings. The molecule has 7 heteroatoms. The number of thiophene rings is 1. The first-order chi connectivity index (χ1) is 9.29. The predicted molar refractivity (Wildman–Crippen MR) is 76.8 cm³/mol. The maximum Gasteiger partial charge on any atom is 0.252 e. The monoisotopic (exact) mass is 298 g/mol. The minimum atomic E-state index is -0.205. The van der Waals surface area contributed by atoms with Gasteiger partial charge in [-0.25, -0.2) is 4.98 Å². The first-order valence-corrected chi connectivity index (χ1v) is 7.41. The molecule has 2 aromatic heterocycles. The molecule has 0 saturated carbocycles. The van der Waals surface area contributed by atoms with Gasteiger partial charge in [0.15, 0.2) is 5.13 Å². The second-order valence-corrected chi connectivity index (χ2v) is 5.41. The number of carbonyl (C=O) groups excluding carboxylic acids is 1. The molecule has 0 aliphatic heterocycles. The highest BCUT2D eigenvalue weighted by Gasteiger charge is 2.08. The van der Waals surface area contributed by atoms with Crippen molar-refractivity contribution in [2.75, 3.05) is 32.2 Å². The molecule has 0 aromatic carbocycles. The summed E-state index contributed by atoms with van der Waals surface area (Å²) < 4.78 is 9.95. The van der Waals surface area contributed by atoms with Crippen molar-refractivity contribution in [1.82, 2.24) is 4.98 Å². The van der Waals surface area contributed by atoms with Crippen LogP contribution in [0.25, 0.3) is 10.6 Å². The lowest BCUT2D eigenvalue weighted by Gasteiger charge is -2.03. The molecule has 2 heterocycles. The van der Waals surface area contributed by atoms with Crippen LogP contribution in [0, 0.1) is 0 Å². The minimum Gasteiger partial charge on any atom is -0.382 e. The van der Waals surface area contributed by atoms with E-state index in [1.54, 1.807) is 18.4 Å². The molecule has 1 N–H and O–H groups in total. The van der Waals surface area contributed by atoms with Gasteiger partial charge in [-0.05, 0) is 11.4 Å². The molecule has 19 heavy (non-hydrogen) atoms. The summed E-state index contributed by atoms with van der Waals surface area (Å²) in [5.41, 5.74) is 0.885. The van der Waals surface area contributed by atoms with Crippen molar-refractivity contribution in [1.29, 1.82) is 0 Å². The third-order valence-corrected chi connectivity index (χ3v) is 3.84. The molecular weight excluding hydrogens is 284 g/mol. The van der Waals surface area contributed by atoms with E-state index in [1.807, 2.05) is 22.9 Å². The summed E-state index contributed by atoms with van der Waals surface area (Å²) >= 11 is 3.02. The van der Waals surface area contributed by atoms with Gasteiger partial charge in [-0.2, -0.15) is 0 Å². The Morgan fingerprint density at radius 3 is 3.05 bits per heavy atom. The van der Waals surface area contributed by atoms with Gasteiger partial charge >= 0.3 is 0 Å². The van der Waals surface area contributed by atoms with Gasteiger partial charge in [-0.15, -0.1) is 22.7 Å². The van der Waals surface area contributed by atoms with Crippen molar-refractivity contribution in [2.45, 2.75) is 0 Å². The van der Waals surface area contributed by atoms with Crippen molar-refractivity contribution in [3.63, 3.8) is 0 Å². The summed E-state index contributed by atoms with van der Waals surface area (Å²) in [5.74, 6) is -0.205. The summed E-state index contributed by atoms with van der Waals surface area (Å²) in [4.78, 5) is 17.0. The minimum absolute atomic E-state index is 0.0112. The average Bonchev–Trinajstić information content (AvgIpc) is 3.04. The van der Waals surface area contributed by atoms with E-state index in [0.29, 0.717) is 18.3 Å². The molecule has 5 nitrogen and oxygen atoms in total. The van der Waals surface area contributed by atoms with Gasteiger partial charge in [0.25, 0.3) is 5.91 Å². The van der Waals surface area contributed by atoms with E-state index in [4.69, 9.17) is 9.47 Å². The van der Waals surface area contributed by atoms with Crippen LogP contribution in [0.1, 0.15) is 0 Å². The highest BCUT2D eigenvalue weighted by Crippen LogP contribution is 2.28. The molecule has 0 radical (unpaired) electrons. The third-order valence-electron chi connectivity index (χ3n) is 2.19. The predicted octanol–water partition coefficient (Wildman–Crippen LogP) is 2.47. The van der Waals surface area contributed by atoms with E-state index in [9.17, 15) is 4.79 Å². The highest BCUT2D eigenvalue weighted by atomic mass is 32.1. The van der Waals surface area contributed by atoms with Gasteiger partial charge in [0.1, 0.15) is 6.61 Å². The lowest BCUT2D eigenvalue weighted by molar-refractivity contribution is -0.121. The molecule has 0 unspecified atom stereocenters. The van der Waals surface area contributed by atoms with Gasteiger partial charge < -0.3 is 9.47 Å². The first-order valence-electron chi connectivity index (χ1n) is 5.65. The molecule has 0 aliphatic carbocycles. The van der Waals surface area contributed by atoms with Gasteiger partial charge in [-0.3, -0.25) is 10.1 Å². The van der Waals surface area contributed by atoms with Crippen LogP contribution in [-0.2, 0) is 14.3 Å². The fourth-order valence-electron chi connectivity index (χ4n) is 1.33. The summed E-state index contributed by atoms with van der Waals surface area (Å²) in [6.45, 7) is 0.895. The summed E-state index contributed by atoms with van der Waals surface area (Å²) in [7, 11) is 1.59. The van der Waals surface area contributed by atoms with E-state index < -0.39 is 0 Å². The topological polar surface area (TPSA) is 60.5 Å². The molecule has 2 aromatic rings. The van der Waals surface area contributed by atoms with Gasteiger partial charge in [0.2, 0.25) is 0 Å². The Labute approximate surface area is 119 Å². The number of amides is 1. The number of nitrogens with one attached hydrogen (secondary N) is 1. The van der Waals surface area contributed by atoms with E-state index in [1.165, 1.54) is 11.3 Å². The molecular formula is C12H14N2O3S2. The number of hydrogen-bond donors (Lipinski definition) is 1. The molecule has 0 spiro atoms. The average molecular weight is 298 g/mol. The molecule has 2 rings (SSSR count). The quantitative estimate of drug-likeness (QED) is 0.798. The van der Waals surface area contributed by atoms with Crippen LogP contribution < -0.4 is 5.32 Å². The second-order valence-electron chi connectivity index (χ2n) is 3.61. The number of aromatic nitrogens is 1. The van der Waals surface area contributed by atoms with Crippen LogP contribution in [0.15, 0.2) is 22.9 Å². The Hall–Kier alpha value is -1.28.